The van der Waals surface area contributed by atoms with Gasteiger partial charge in [-0.2, -0.15) is 10.2 Å². The fraction of sp³-hybridized carbons (Fsp3) is 0.273. The minimum absolute atomic E-state index is 0.319. The van der Waals surface area contributed by atoms with Crippen LogP contribution in [0.2, 0.25) is 0 Å². The molecule has 0 aliphatic carbocycles. The van der Waals surface area contributed by atoms with Crippen LogP contribution in [0.5, 0.6) is 23.0 Å². The molecule has 33 heavy (non-hydrogen) atoms. The van der Waals surface area contributed by atoms with Crippen molar-refractivity contribution in [2.45, 2.75) is 17.8 Å². The van der Waals surface area contributed by atoms with Gasteiger partial charge in [0.1, 0.15) is 12.1 Å². The van der Waals surface area contributed by atoms with Crippen molar-refractivity contribution in [3.8, 4) is 23.0 Å². The summed E-state index contributed by atoms with van der Waals surface area (Å²) in [6, 6.07) is 8.84. The molecule has 10 nitrogen and oxygen atoms in total. The van der Waals surface area contributed by atoms with Crippen molar-refractivity contribution in [3.63, 3.8) is 0 Å². The normalized spacial score (nSPS) is 11.1. The Morgan fingerprint density at radius 2 is 1.70 bits per heavy atom. The van der Waals surface area contributed by atoms with E-state index in [0.717, 1.165) is 16.9 Å². The molecule has 0 saturated heterocycles. The summed E-state index contributed by atoms with van der Waals surface area (Å²) in [4.78, 5) is 16.8. The zero-order valence-corrected chi connectivity index (χ0v) is 19.8. The number of nitrogens with one attached hydrogen (secondary N) is 2. The van der Waals surface area contributed by atoms with Crippen molar-refractivity contribution in [3.05, 3.63) is 53.3 Å². The molecule has 1 amide bonds. The number of methoxy groups -OCH3 is 4. The summed E-state index contributed by atoms with van der Waals surface area (Å²) < 4.78 is 21.4. The molecular formula is C22H25N5O5S. The first-order chi connectivity index (χ1) is 16.0. The molecule has 0 radical (unpaired) electrons. The highest BCUT2D eigenvalue weighted by Crippen LogP contribution is 2.38. The first-order valence-electron chi connectivity index (χ1n) is 9.80. The van der Waals surface area contributed by atoms with Crippen LogP contribution in [0.25, 0.3) is 0 Å². The Bertz CT molecular complexity index is 1110. The third kappa shape index (κ3) is 5.75. The monoisotopic (exact) mass is 471 g/mol. The summed E-state index contributed by atoms with van der Waals surface area (Å²) in [7, 11) is 6.10. The average Bonchev–Trinajstić information content (AvgIpc) is 3.38. The molecule has 0 unspecified atom stereocenters. The summed E-state index contributed by atoms with van der Waals surface area (Å²) in [6.07, 6.45) is 1.46. The Hall–Kier alpha value is -3.73. The van der Waals surface area contributed by atoms with Crippen molar-refractivity contribution in [1.29, 1.82) is 0 Å². The van der Waals surface area contributed by atoms with Gasteiger partial charge in [0.05, 0.1) is 34.2 Å². The van der Waals surface area contributed by atoms with Crippen molar-refractivity contribution in [2.24, 2.45) is 5.10 Å². The predicted molar refractivity (Wildman–Crippen MR) is 125 cm³/mol. The van der Waals surface area contributed by atoms with Gasteiger partial charge in [0, 0.05) is 16.9 Å². The molecule has 0 saturated carbocycles. The van der Waals surface area contributed by atoms with Gasteiger partial charge in [-0.1, -0.05) is 11.8 Å². The number of carbonyl (C=O) groups excluding carboxylic acids is 1. The summed E-state index contributed by atoms with van der Waals surface area (Å²) in [5, 5.41) is 11.6. The van der Waals surface area contributed by atoms with E-state index in [1.54, 1.807) is 19.2 Å². The van der Waals surface area contributed by atoms with Gasteiger partial charge in [0.15, 0.2) is 16.7 Å². The number of hydrogen-bond acceptors (Lipinski definition) is 9. The second-order valence-electron chi connectivity index (χ2n) is 6.66. The number of benzene rings is 2. The lowest BCUT2D eigenvalue weighted by Gasteiger charge is -2.13. The Morgan fingerprint density at radius 1 is 1.00 bits per heavy atom. The maximum atomic E-state index is 12.7. The molecule has 1 aromatic heterocycles. The number of hydrogen-bond donors (Lipinski definition) is 2. The Morgan fingerprint density at radius 3 is 2.27 bits per heavy atom. The van der Waals surface area contributed by atoms with Crippen LogP contribution in [0, 0.1) is 0 Å². The van der Waals surface area contributed by atoms with Crippen LogP contribution < -0.4 is 24.4 Å². The molecule has 0 fully saturated rings. The van der Waals surface area contributed by atoms with Crippen LogP contribution in [0.1, 0.15) is 28.4 Å². The third-order valence-electron chi connectivity index (χ3n) is 4.71. The molecule has 0 aliphatic rings. The number of aromatic amines is 1. The van der Waals surface area contributed by atoms with Crippen LogP contribution >= 0.6 is 11.8 Å². The fourth-order valence-corrected chi connectivity index (χ4v) is 3.76. The molecule has 3 aromatic rings. The summed E-state index contributed by atoms with van der Waals surface area (Å²) >= 11 is 1.50. The first kappa shape index (κ1) is 23.9. The molecule has 0 atom stereocenters. The molecule has 0 spiro atoms. The van der Waals surface area contributed by atoms with E-state index in [0.29, 0.717) is 39.4 Å². The van der Waals surface area contributed by atoms with E-state index in [4.69, 9.17) is 18.9 Å². The Kier molecular flexibility index (Phi) is 8.14. The van der Waals surface area contributed by atoms with Crippen LogP contribution in [0.3, 0.4) is 0 Å². The highest BCUT2D eigenvalue weighted by atomic mass is 32.2. The number of nitrogens with zero attached hydrogens (tertiary/aromatic N) is 3. The standard InChI is InChI=1S/C22H25N5O5S/c1-13(14-6-7-17(29-2)16(8-14)11-33-22-23-12-24-27-22)25-26-21(28)15-9-18(30-3)20(32-5)19(10-15)31-4/h6-10,12H,11H2,1-5H3,(H,26,28)(H,23,24,27)/b25-13+. The summed E-state index contributed by atoms with van der Waals surface area (Å²) in [5.74, 6) is 2.13. The number of hydrazone groups is 1. The molecule has 1 heterocycles. The van der Waals surface area contributed by atoms with Gasteiger partial charge in [-0.05, 0) is 42.8 Å². The zero-order chi connectivity index (χ0) is 23.8. The second-order valence-corrected chi connectivity index (χ2v) is 7.62. The largest absolute Gasteiger partial charge is 0.496 e. The highest BCUT2D eigenvalue weighted by molar-refractivity contribution is 7.98. The molecule has 0 bridgehead atoms. The van der Waals surface area contributed by atoms with Crippen molar-refractivity contribution < 1.29 is 23.7 Å². The smallest absolute Gasteiger partial charge is 0.271 e. The lowest BCUT2D eigenvalue weighted by Crippen LogP contribution is -2.19. The number of aromatic nitrogens is 3. The van der Waals surface area contributed by atoms with Crippen molar-refractivity contribution in [1.82, 2.24) is 20.6 Å². The number of rotatable bonds is 10. The van der Waals surface area contributed by atoms with Gasteiger partial charge in [-0.3, -0.25) is 9.89 Å². The van der Waals surface area contributed by atoms with Crippen LogP contribution in [-0.2, 0) is 5.75 Å². The minimum atomic E-state index is -0.414. The molecule has 11 heteroatoms. The maximum Gasteiger partial charge on any atom is 0.271 e. The van der Waals surface area contributed by atoms with Gasteiger partial charge >= 0.3 is 0 Å². The topological polar surface area (TPSA) is 120 Å². The number of thioether (sulfide) groups is 1. The third-order valence-corrected chi connectivity index (χ3v) is 5.63. The number of ether oxygens (including phenoxy) is 4. The fourth-order valence-electron chi connectivity index (χ4n) is 3.00. The first-order valence-corrected chi connectivity index (χ1v) is 10.8. The quantitative estimate of drug-likeness (QED) is 0.263. The number of carbonyl (C=O) groups is 1. The van der Waals surface area contributed by atoms with Gasteiger partial charge in [-0.25, -0.2) is 10.4 Å². The van der Waals surface area contributed by atoms with Gasteiger partial charge in [0.2, 0.25) is 5.75 Å². The zero-order valence-electron chi connectivity index (χ0n) is 19.0. The lowest BCUT2D eigenvalue weighted by molar-refractivity contribution is 0.0954. The minimum Gasteiger partial charge on any atom is -0.496 e. The van der Waals surface area contributed by atoms with E-state index in [9.17, 15) is 4.79 Å². The van der Waals surface area contributed by atoms with E-state index in [-0.39, 0.29) is 0 Å². The summed E-state index contributed by atoms with van der Waals surface area (Å²) in [5.41, 5.74) is 5.33. The van der Waals surface area contributed by atoms with E-state index < -0.39 is 5.91 Å². The lowest BCUT2D eigenvalue weighted by atomic mass is 10.1. The van der Waals surface area contributed by atoms with Crippen LogP contribution in [0.15, 0.2) is 46.9 Å². The Labute approximate surface area is 195 Å². The van der Waals surface area contributed by atoms with E-state index >= 15 is 0 Å². The van der Waals surface area contributed by atoms with E-state index in [2.05, 4.69) is 25.7 Å². The van der Waals surface area contributed by atoms with Gasteiger partial charge in [-0.15, -0.1) is 0 Å². The van der Waals surface area contributed by atoms with Gasteiger partial charge in [0.25, 0.3) is 5.91 Å². The van der Waals surface area contributed by atoms with Crippen molar-refractivity contribution >= 4 is 23.4 Å². The van der Waals surface area contributed by atoms with Crippen molar-refractivity contribution in [2.75, 3.05) is 28.4 Å². The predicted octanol–water partition coefficient (Wildman–Crippen LogP) is 3.29. The number of H-pyrrole nitrogens is 1. The Balaban J connectivity index is 1.77. The average molecular weight is 472 g/mol. The highest BCUT2D eigenvalue weighted by Gasteiger charge is 2.17. The molecule has 2 N–H and O–H groups in total. The second kappa shape index (κ2) is 11.2. The SMILES string of the molecule is COc1ccc(/C(C)=N/NC(=O)c2cc(OC)c(OC)c(OC)c2)cc1CSc1ncn[nH]1. The van der Waals surface area contributed by atoms with Crippen LogP contribution in [0.4, 0.5) is 0 Å². The van der Waals surface area contributed by atoms with Crippen LogP contribution in [-0.4, -0.2) is 55.2 Å². The van der Waals surface area contributed by atoms with E-state index in [1.165, 1.54) is 39.4 Å². The van der Waals surface area contributed by atoms with Gasteiger partial charge < -0.3 is 18.9 Å². The molecular weight excluding hydrogens is 446 g/mol. The molecule has 0 aliphatic heterocycles. The maximum absolute atomic E-state index is 12.7. The van der Waals surface area contributed by atoms with E-state index in [1.807, 2.05) is 25.1 Å². The molecule has 2 aromatic carbocycles. The molecule has 174 valence electrons. The molecule has 3 rings (SSSR count). The summed E-state index contributed by atoms with van der Waals surface area (Å²) in [6.45, 7) is 1.81. The number of amides is 1.